The molecule has 9 nitrogen and oxygen atoms in total. The van der Waals surface area contributed by atoms with Crippen LogP contribution < -0.4 is 23.7 Å². The number of hydrogen-bond donors (Lipinski definition) is 2. The molecular formula is C22H26O9. The van der Waals surface area contributed by atoms with Crippen molar-refractivity contribution in [2.24, 2.45) is 0 Å². The fourth-order valence-corrected chi connectivity index (χ4v) is 2.60. The smallest absolute Gasteiger partial charge is 0.328 e. The van der Waals surface area contributed by atoms with E-state index in [1.54, 1.807) is 30.3 Å². The maximum Gasteiger partial charge on any atom is 0.328 e. The number of aliphatic carboxylic acids is 2. The highest BCUT2D eigenvalue weighted by atomic mass is 16.5. The summed E-state index contributed by atoms with van der Waals surface area (Å²) in [6.45, 7) is 0. The summed E-state index contributed by atoms with van der Waals surface area (Å²) in [5.41, 5.74) is 1.21. The average Bonchev–Trinajstić information content (AvgIpc) is 2.76. The highest BCUT2D eigenvalue weighted by Crippen LogP contribution is 2.40. The molecule has 2 aromatic carbocycles. The number of ether oxygens (including phenoxy) is 5. The predicted molar refractivity (Wildman–Crippen MR) is 114 cm³/mol. The van der Waals surface area contributed by atoms with Crippen molar-refractivity contribution in [1.29, 1.82) is 0 Å². The molecule has 0 fully saturated rings. The summed E-state index contributed by atoms with van der Waals surface area (Å²) >= 11 is 0. The zero-order valence-corrected chi connectivity index (χ0v) is 18.0. The van der Waals surface area contributed by atoms with Crippen LogP contribution in [0.3, 0.4) is 0 Å². The lowest BCUT2D eigenvalue weighted by Gasteiger charge is -2.13. The quantitative estimate of drug-likeness (QED) is 0.573. The van der Waals surface area contributed by atoms with Gasteiger partial charge in [-0.3, -0.25) is 4.79 Å². The standard InChI is InChI=1S/C12H14O5.C10H12O4/c1-15-9-6-4-8(5-7-10(13)14)11(16-2)12(9)17-3;1-13-8-3-4-9(14-2)7(5-8)6-10(11)12/h4-7H,1-3H3,(H,13,14);3-5H,6H2,1-2H3,(H,11,12). The Kier molecular flexibility index (Phi) is 10.3. The first kappa shape index (κ1) is 25.2. The third kappa shape index (κ3) is 7.46. The van der Waals surface area contributed by atoms with Crippen molar-refractivity contribution in [3.8, 4) is 28.7 Å². The van der Waals surface area contributed by atoms with Crippen LogP contribution in [0.4, 0.5) is 0 Å². The minimum atomic E-state index is -1.03. The second kappa shape index (κ2) is 12.6. The molecular weight excluding hydrogens is 408 g/mol. The van der Waals surface area contributed by atoms with E-state index in [-0.39, 0.29) is 6.42 Å². The van der Waals surface area contributed by atoms with Gasteiger partial charge in [0.05, 0.1) is 42.0 Å². The second-order valence-electron chi connectivity index (χ2n) is 5.84. The first-order chi connectivity index (χ1) is 14.8. The molecule has 31 heavy (non-hydrogen) atoms. The van der Waals surface area contributed by atoms with E-state index >= 15 is 0 Å². The van der Waals surface area contributed by atoms with E-state index in [1.807, 2.05) is 0 Å². The highest BCUT2D eigenvalue weighted by molar-refractivity contribution is 5.86. The van der Waals surface area contributed by atoms with Gasteiger partial charge in [-0.15, -0.1) is 0 Å². The van der Waals surface area contributed by atoms with Crippen LogP contribution in [-0.2, 0) is 16.0 Å². The molecule has 0 aliphatic carbocycles. The molecule has 0 heterocycles. The van der Waals surface area contributed by atoms with Crippen LogP contribution in [0.1, 0.15) is 11.1 Å². The van der Waals surface area contributed by atoms with Crippen LogP contribution in [0.25, 0.3) is 6.08 Å². The highest BCUT2D eigenvalue weighted by Gasteiger charge is 2.14. The minimum Gasteiger partial charge on any atom is -0.497 e. The van der Waals surface area contributed by atoms with Crippen molar-refractivity contribution in [3.63, 3.8) is 0 Å². The van der Waals surface area contributed by atoms with Crippen molar-refractivity contribution >= 4 is 18.0 Å². The van der Waals surface area contributed by atoms with E-state index in [2.05, 4.69) is 0 Å². The summed E-state index contributed by atoms with van der Waals surface area (Å²) in [5, 5.41) is 17.2. The van der Waals surface area contributed by atoms with Crippen LogP contribution in [0.2, 0.25) is 0 Å². The Morgan fingerprint density at radius 1 is 0.806 bits per heavy atom. The lowest BCUT2D eigenvalue weighted by atomic mass is 10.1. The largest absolute Gasteiger partial charge is 0.497 e. The third-order valence-electron chi connectivity index (χ3n) is 3.97. The van der Waals surface area contributed by atoms with Crippen LogP contribution in [0.15, 0.2) is 36.4 Å². The number of methoxy groups -OCH3 is 5. The first-order valence-electron chi connectivity index (χ1n) is 8.93. The van der Waals surface area contributed by atoms with Crippen molar-refractivity contribution in [2.45, 2.75) is 6.42 Å². The summed E-state index contributed by atoms with van der Waals surface area (Å²) in [5.74, 6) is 0.664. The number of rotatable bonds is 9. The van der Waals surface area contributed by atoms with E-state index in [0.717, 1.165) is 6.08 Å². The van der Waals surface area contributed by atoms with Gasteiger partial charge in [0.1, 0.15) is 11.5 Å². The molecule has 9 heteroatoms. The van der Waals surface area contributed by atoms with Gasteiger partial charge in [0.2, 0.25) is 5.75 Å². The topological polar surface area (TPSA) is 121 Å². The molecule has 0 saturated carbocycles. The second-order valence-corrected chi connectivity index (χ2v) is 5.84. The normalized spacial score (nSPS) is 9.97. The molecule has 168 valence electrons. The maximum absolute atomic E-state index is 10.5. The average molecular weight is 434 g/mol. The maximum atomic E-state index is 10.5. The molecule has 0 aromatic heterocycles. The number of carboxylic acid groups (broad SMARTS) is 2. The van der Waals surface area contributed by atoms with Crippen molar-refractivity contribution < 1.29 is 43.5 Å². The summed E-state index contributed by atoms with van der Waals surface area (Å²) in [6, 6.07) is 8.46. The van der Waals surface area contributed by atoms with E-state index in [1.165, 1.54) is 41.6 Å². The summed E-state index contributed by atoms with van der Waals surface area (Å²) in [4.78, 5) is 21.0. The van der Waals surface area contributed by atoms with Gasteiger partial charge >= 0.3 is 11.9 Å². The van der Waals surface area contributed by atoms with E-state index in [0.29, 0.717) is 39.9 Å². The monoisotopic (exact) mass is 434 g/mol. The molecule has 0 radical (unpaired) electrons. The molecule has 0 amide bonds. The fourth-order valence-electron chi connectivity index (χ4n) is 2.60. The van der Waals surface area contributed by atoms with E-state index in [9.17, 15) is 9.59 Å². The Bertz CT molecular complexity index is 919. The zero-order valence-electron chi connectivity index (χ0n) is 18.0. The van der Waals surface area contributed by atoms with Gasteiger partial charge < -0.3 is 33.9 Å². The number of carboxylic acids is 2. The van der Waals surface area contributed by atoms with Crippen LogP contribution in [0, 0.1) is 0 Å². The number of carbonyl (C=O) groups is 2. The first-order valence-corrected chi connectivity index (χ1v) is 8.93. The molecule has 0 atom stereocenters. The van der Waals surface area contributed by atoms with Crippen LogP contribution in [-0.4, -0.2) is 57.7 Å². The predicted octanol–water partition coefficient (Wildman–Crippen LogP) is 3.14. The SMILES string of the molecule is COc1ccc(C=CC(=O)O)c(OC)c1OC.COc1ccc(OC)c(CC(=O)O)c1. The van der Waals surface area contributed by atoms with Gasteiger partial charge in [-0.05, 0) is 36.4 Å². The molecule has 2 N–H and O–H groups in total. The van der Waals surface area contributed by atoms with Gasteiger partial charge in [-0.2, -0.15) is 0 Å². The Morgan fingerprint density at radius 3 is 1.90 bits per heavy atom. The fraction of sp³-hybridized carbons (Fsp3) is 0.273. The molecule has 0 saturated heterocycles. The summed E-state index contributed by atoms with van der Waals surface area (Å²) in [7, 11) is 7.53. The van der Waals surface area contributed by atoms with Gasteiger partial charge in [0.15, 0.2) is 11.5 Å². The van der Waals surface area contributed by atoms with Crippen LogP contribution >= 0.6 is 0 Å². The molecule has 2 aromatic rings. The van der Waals surface area contributed by atoms with E-state index in [4.69, 9.17) is 33.9 Å². The lowest BCUT2D eigenvalue weighted by molar-refractivity contribution is -0.136. The van der Waals surface area contributed by atoms with Gasteiger partial charge in [0.25, 0.3) is 0 Å². The minimum absolute atomic E-state index is 0.0691. The Hall–Kier alpha value is -3.88. The van der Waals surface area contributed by atoms with Gasteiger partial charge in [0, 0.05) is 17.2 Å². The van der Waals surface area contributed by atoms with Gasteiger partial charge in [-0.25, -0.2) is 4.79 Å². The molecule has 0 aliphatic heterocycles. The zero-order chi connectivity index (χ0) is 23.4. The number of benzene rings is 2. The van der Waals surface area contributed by atoms with Crippen LogP contribution in [0.5, 0.6) is 28.7 Å². The van der Waals surface area contributed by atoms with Crippen molar-refractivity contribution in [1.82, 2.24) is 0 Å². The van der Waals surface area contributed by atoms with Crippen molar-refractivity contribution in [2.75, 3.05) is 35.5 Å². The van der Waals surface area contributed by atoms with Crippen molar-refractivity contribution in [3.05, 3.63) is 47.5 Å². The lowest BCUT2D eigenvalue weighted by Crippen LogP contribution is -2.02. The van der Waals surface area contributed by atoms with Gasteiger partial charge in [-0.1, -0.05) is 0 Å². The Labute approximate surface area is 180 Å². The molecule has 0 aliphatic rings. The summed E-state index contributed by atoms with van der Waals surface area (Å²) in [6.07, 6.45) is 2.40. The Morgan fingerprint density at radius 2 is 1.42 bits per heavy atom. The van der Waals surface area contributed by atoms with E-state index < -0.39 is 11.9 Å². The number of hydrogen-bond acceptors (Lipinski definition) is 7. The summed E-state index contributed by atoms with van der Waals surface area (Å²) < 4.78 is 25.5. The molecule has 0 unspecified atom stereocenters. The Balaban J connectivity index is 0.000000316. The third-order valence-corrected chi connectivity index (χ3v) is 3.97. The molecule has 0 bridgehead atoms. The molecule has 2 rings (SSSR count). The molecule has 0 spiro atoms.